The van der Waals surface area contributed by atoms with Crippen molar-refractivity contribution >= 4 is 38.6 Å². The lowest BCUT2D eigenvalue weighted by Gasteiger charge is -2.13. The molecule has 1 amide bonds. The number of nitrogens with one attached hydrogen (secondary N) is 2. The van der Waals surface area contributed by atoms with Gasteiger partial charge in [-0.15, -0.1) is 0 Å². The molecule has 8 nitrogen and oxygen atoms in total. The van der Waals surface area contributed by atoms with Gasteiger partial charge in [0.25, 0.3) is 11.5 Å². The van der Waals surface area contributed by atoms with Gasteiger partial charge < -0.3 is 9.55 Å². The van der Waals surface area contributed by atoms with E-state index in [0.29, 0.717) is 5.39 Å². The van der Waals surface area contributed by atoms with E-state index >= 15 is 0 Å². The van der Waals surface area contributed by atoms with Crippen LogP contribution in [0.25, 0.3) is 22.2 Å². The van der Waals surface area contributed by atoms with Gasteiger partial charge in [0.05, 0.1) is 17.8 Å². The van der Waals surface area contributed by atoms with Crippen molar-refractivity contribution in [1.82, 2.24) is 19.3 Å². The molecule has 0 fully saturated rings. The van der Waals surface area contributed by atoms with Crippen LogP contribution >= 0.6 is 11.6 Å². The predicted molar refractivity (Wildman–Crippen MR) is 123 cm³/mol. The van der Waals surface area contributed by atoms with Crippen molar-refractivity contribution in [1.29, 1.82) is 0 Å². The molecule has 33 heavy (non-hydrogen) atoms. The third kappa shape index (κ3) is 4.53. The highest BCUT2D eigenvalue weighted by Gasteiger charge is 2.28. The third-order valence-electron chi connectivity index (χ3n) is 4.98. The number of aromatic amines is 1. The Morgan fingerprint density at radius 1 is 1.27 bits per heavy atom. The van der Waals surface area contributed by atoms with E-state index in [0.717, 1.165) is 11.8 Å². The molecule has 0 aliphatic heterocycles. The highest BCUT2D eigenvalue weighted by atomic mass is 35.5. The zero-order valence-corrected chi connectivity index (χ0v) is 19.1. The molecule has 3 heterocycles. The summed E-state index contributed by atoms with van der Waals surface area (Å²) in [5.41, 5.74) is 0.850. The molecule has 0 unspecified atom stereocenters. The minimum absolute atomic E-state index is 0.105. The maximum atomic E-state index is 14.6. The van der Waals surface area contributed by atoms with Gasteiger partial charge >= 0.3 is 0 Å². The number of carbonyl (C=O) groups excluding carboxylic acids is 1. The topological polar surface area (TPSA) is 114 Å². The van der Waals surface area contributed by atoms with E-state index in [2.05, 4.69) is 9.97 Å². The monoisotopic (exact) mass is 488 g/mol. The number of hydrogen-bond donors (Lipinski definition) is 2. The second kappa shape index (κ2) is 8.45. The largest absolute Gasteiger partial charge is 0.329 e. The Kier molecular flexibility index (Phi) is 5.81. The van der Waals surface area contributed by atoms with Crippen molar-refractivity contribution < 1.29 is 17.6 Å². The number of pyridine rings is 2. The lowest BCUT2D eigenvalue weighted by molar-refractivity contribution is 0.0974. The van der Waals surface area contributed by atoms with Crippen LogP contribution in [0, 0.1) is 12.7 Å². The third-order valence-corrected chi connectivity index (χ3v) is 5.74. The Labute approximate surface area is 193 Å². The molecule has 0 saturated heterocycles. The lowest BCUT2D eigenvalue weighted by atomic mass is 10.0. The van der Waals surface area contributed by atoms with Gasteiger partial charge in [-0.3, -0.25) is 9.59 Å². The fourth-order valence-corrected chi connectivity index (χ4v) is 4.28. The Morgan fingerprint density at radius 2 is 2.03 bits per heavy atom. The first-order chi connectivity index (χ1) is 15.5. The van der Waals surface area contributed by atoms with Gasteiger partial charge in [0, 0.05) is 34.5 Å². The molecule has 0 aliphatic rings. The first kappa shape index (κ1) is 22.7. The van der Waals surface area contributed by atoms with Crippen LogP contribution in [-0.4, -0.2) is 35.1 Å². The van der Waals surface area contributed by atoms with E-state index in [1.807, 2.05) is 4.72 Å². The quantitative estimate of drug-likeness (QED) is 0.447. The molecule has 170 valence electrons. The number of nitrogens with zero attached hydrogens (tertiary/aromatic N) is 2. The second-order valence-electron chi connectivity index (χ2n) is 7.55. The summed E-state index contributed by atoms with van der Waals surface area (Å²) in [6.45, 7) is 1.65. The van der Waals surface area contributed by atoms with E-state index in [-0.39, 0.29) is 39.6 Å². The molecule has 0 spiro atoms. The predicted octanol–water partition coefficient (Wildman–Crippen LogP) is 3.23. The van der Waals surface area contributed by atoms with Crippen molar-refractivity contribution in [2.45, 2.75) is 13.5 Å². The first-order valence-corrected chi connectivity index (χ1v) is 11.9. The fraction of sp³-hybridized carbons (Fsp3) is 0.136. The number of carbonyl (C=O) groups is 1. The molecular formula is C22H18ClFN4O4S. The summed E-state index contributed by atoms with van der Waals surface area (Å²) in [6, 6.07) is 9.10. The molecule has 4 rings (SSSR count). The number of rotatable bonds is 5. The number of hydrogen-bond acceptors (Lipinski definition) is 5. The molecule has 3 aromatic heterocycles. The normalized spacial score (nSPS) is 11.6. The van der Waals surface area contributed by atoms with Crippen LogP contribution in [0.1, 0.15) is 21.6 Å². The van der Waals surface area contributed by atoms with Crippen LogP contribution in [0.2, 0.25) is 5.02 Å². The first-order valence-electron chi connectivity index (χ1n) is 9.68. The van der Waals surface area contributed by atoms with Crippen molar-refractivity contribution in [3.05, 3.63) is 86.8 Å². The van der Waals surface area contributed by atoms with Gasteiger partial charge in [0.15, 0.2) is 0 Å². The lowest BCUT2D eigenvalue weighted by Crippen LogP contribution is -2.32. The molecule has 11 heteroatoms. The standard InChI is InChI=1S/C22H18ClFN4O4S/c1-12-5-6-17(24)13(8-12)11-28-19(22(30)27-33(2,31)32)18(15-4-3-7-25-21(15)29)16-9-14(23)10-26-20(16)28/h3-10H,11H2,1-2H3,(H,25,29)(H,27,30). The highest BCUT2D eigenvalue weighted by Crippen LogP contribution is 2.35. The van der Waals surface area contributed by atoms with Crippen LogP contribution in [0.4, 0.5) is 4.39 Å². The molecule has 0 radical (unpaired) electrons. The summed E-state index contributed by atoms with van der Waals surface area (Å²) < 4.78 is 41.7. The number of benzene rings is 1. The van der Waals surface area contributed by atoms with Crippen molar-refractivity contribution in [2.75, 3.05) is 6.26 Å². The summed E-state index contributed by atoms with van der Waals surface area (Å²) in [4.78, 5) is 32.7. The van der Waals surface area contributed by atoms with Crippen molar-refractivity contribution in [3.63, 3.8) is 0 Å². The number of amides is 1. The SMILES string of the molecule is Cc1ccc(F)c(Cn2c(C(=O)NS(C)(=O)=O)c(-c3ccc[nH]c3=O)c3cc(Cl)cnc32)c1. The van der Waals surface area contributed by atoms with Crippen LogP contribution in [0.3, 0.4) is 0 Å². The van der Waals surface area contributed by atoms with Gasteiger partial charge in [0.2, 0.25) is 10.0 Å². The van der Waals surface area contributed by atoms with Crippen LogP contribution in [0.15, 0.2) is 53.6 Å². The number of aryl methyl sites for hydroxylation is 1. The summed E-state index contributed by atoms with van der Waals surface area (Å²) in [5.74, 6) is -1.50. The Hall–Kier alpha value is -3.50. The zero-order valence-electron chi connectivity index (χ0n) is 17.5. The zero-order chi connectivity index (χ0) is 23.9. The number of H-pyrrole nitrogens is 1. The fourth-order valence-electron chi connectivity index (χ4n) is 3.69. The highest BCUT2D eigenvalue weighted by molar-refractivity contribution is 7.89. The van der Waals surface area contributed by atoms with E-state index in [9.17, 15) is 22.4 Å². The van der Waals surface area contributed by atoms with Crippen molar-refractivity contribution in [2.24, 2.45) is 0 Å². The van der Waals surface area contributed by atoms with Gasteiger partial charge in [-0.05, 0) is 31.2 Å². The van der Waals surface area contributed by atoms with Crippen LogP contribution < -0.4 is 10.3 Å². The van der Waals surface area contributed by atoms with E-state index < -0.39 is 27.3 Å². The molecule has 0 saturated carbocycles. The smallest absolute Gasteiger partial charge is 0.282 e. The summed E-state index contributed by atoms with van der Waals surface area (Å²) in [6.07, 6.45) is 3.61. The van der Waals surface area contributed by atoms with E-state index in [1.54, 1.807) is 25.1 Å². The van der Waals surface area contributed by atoms with Gasteiger partial charge in [-0.2, -0.15) is 0 Å². The van der Waals surface area contributed by atoms with E-state index in [1.165, 1.54) is 35.2 Å². The van der Waals surface area contributed by atoms with Gasteiger partial charge in [0.1, 0.15) is 17.2 Å². The number of halogens is 2. The number of aromatic nitrogens is 3. The summed E-state index contributed by atoms with van der Waals surface area (Å²) in [5, 5.41) is 0.580. The molecule has 0 bridgehead atoms. The molecule has 2 N–H and O–H groups in total. The maximum absolute atomic E-state index is 14.6. The minimum atomic E-state index is -3.95. The van der Waals surface area contributed by atoms with Gasteiger partial charge in [-0.1, -0.05) is 29.3 Å². The van der Waals surface area contributed by atoms with E-state index in [4.69, 9.17) is 11.6 Å². The van der Waals surface area contributed by atoms with Crippen molar-refractivity contribution in [3.8, 4) is 11.1 Å². The second-order valence-corrected chi connectivity index (χ2v) is 9.73. The molecule has 4 aromatic rings. The van der Waals surface area contributed by atoms with Crippen LogP contribution in [-0.2, 0) is 16.6 Å². The number of sulfonamides is 1. The minimum Gasteiger partial charge on any atom is -0.329 e. The molecule has 0 aliphatic carbocycles. The molecule has 1 aromatic carbocycles. The average Bonchev–Trinajstić information content (AvgIpc) is 3.03. The molecular weight excluding hydrogens is 471 g/mol. The number of fused-ring (bicyclic) bond motifs is 1. The summed E-state index contributed by atoms with van der Waals surface area (Å²) in [7, 11) is -3.95. The average molecular weight is 489 g/mol. The Balaban J connectivity index is 2.10. The summed E-state index contributed by atoms with van der Waals surface area (Å²) >= 11 is 6.16. The van der Waals surface area contributed by atoms with Gasteiger partial charge in [-0.25, -0.2) is 22.5 Å². The Bertz CT molecular complexity index is 1580. The maximum Gasteiger partial charge on any atom is 0.282 e. The van der Waals surface area contributed by atoms with Crippen LogP contribution in [0.5, 0.6) is 0 Å². The molecule has 0 atom stereocenters. The Morgan fingerprint density at radius 3 is 2.73 bits per heavy atom.